The second-order valence-electron chi connectivity index (χ2n) is 7.32. The number of nitrogens with zero attached hydrogens (tertiary/aromatic N) is 4. The quantitative estimate of drug-likeness (QED) is 0.299. The molecule has 2 aromatic heterocycles. The summed E-state index contributed by atoms with van der Waals surface area (Å²) in [6.07, 6.45) is 6.82. The molecule has 2 N–H and O–H groups in total. The van der Waals surface area contributed by atoms with Gasteiger partial charge in [0.15, 0.2) is 17.4 Å². The highest BCUT2D eigenvalue weighted by molar-refractivity contribution is 14.0. The number of guanidine groups is 1. The number of rotatable bonds is 5. The number of hydrogen-bond donors (Lipinski definition) is 2. The fourth-order valence-corrected chi connectivity index (χ4v) is 4.20. The molecule has 2 heterocycles. The maximum atomic E-state index is 6.09. The van der Waals surface area contributed by atoms with Crippen LogP contribution >= 0.6 is 35.6 Å². The van der Waals surface area contributed by atoms with Crippen LogP contribution in [0.15, 0.2) is 53.7 Å². The third-order valence-corrected chi connectivity index (χ3v) is 5.89. The van der Waals surface area contributed by atoms with Crippen LogP contribution in [0.4, 0.5) is 0 Å². The Morgan fingerprint density at radius 3 is 2.59 bits per heavy atom. The summed E-state index contributed by atoms with van der Waals surface area (Å²) in [5, 5.41) is 16.1. The van der Waals surface area contributed by atoms with E-state index in [1.54, 1.807) is 7.05 Å². The van der Waals surface area contributed by atoms with Crippen LogP contribution < -0.4 is 10.6 Å². The maximum Gasteiger partial charge on any atom is 0.191 e. The summed E-state index contributed by atoms with van der Waals surface area (Å²) in [5.41, 5.74) is 2.32. The number of aromatic nitrogens is 3. The van der Waals surface area contributed by atoms with Crippen LogP contribution in [0.25, 0.3) is 5.65 Å². The lowest BCUT2D eigenvalue weighted by Crippen LogP contribution is -2.44. The zero-order valence-corrected chi connectivity index (χ0v) is 19.5. The van der Waals surface area contributed by atoms with Crippen LogP contribution in [-0.4, -0.2) is 34.2 Å². The summed E-state index contributed by atoms with van der Waals surface area (Å²) in [4.78, 5) is 4.38. The van der Waals surface area contributed by atoms with Crippen molar-refractivity contribution < 1.29 is 0 Å². The van der Waals surface area contributed by atoms with E-state index in [1.165, 1.54) is 31.2 Å². The van der Waals surface area contributed by atoms with Gasteiger partial charge in [-0.1, -0.05) is 42.6 Å². The molecule has 1 aliphatic rings. The number of halogens is 2. The summed E-state index contributed by atoms with van der Waals surface area (Å²) in [5.74, 6) is 1.62. The molecular weight excluding hydrogens is 499 g/mol. The standard InChI is InChI=1S/C21H25ClN6.HI/c1-23-20(24-14-19-27-26-18-6-2-5-13-28(18)19)25-15-21(11-3-4-12-21)16-7-9-17(22)10-8-16;/h2,5-10,13H,3-4,11-12,14-15H2,1H3,(H2,23,24,25);1H. The summed E-state index contributed by atoms with van der Waals surface area (Å²) in [6.45, 7) is 1.40. The molecule has 0 radical (unpaired) electrons. The van der Waals surface area contributed by atoms with Crippen LogP contribution in [0.5, 0.6) is 0 Å². The van der Waals surface area contributed by atoms with E-state index in [0.717, 1.165) is 29.0 Å². The first-order chi connectivity index (χ1) is 13.7. The van der Waals surface area contributed by atoms with Gasteiger partial charge in [0, 0.05) is 30.2 Å². The normalized spacial score (nSPS) is 15.9. The van der Waals surface area contributed by atoms with Crippen molar-refractivity contribution in [2.75, 3.05) is 13.6 Å². The molecule has 0 bridgehead atoms. The number of pyridine rings is 1. The van der Waals surface area contributed by atoms with E-state index in [9.17, 15) is 0 Å². The molecule has 3 aromatic rings. The first-order valence-corrected chi connectivity index (χ1v) is 10.1. The van der Waals surface area contributed by atoms with Crippen molar-refractivity contribution in [2.45, 2.75) is 37.6 Å². The largest absolute Gasteiger partial charge is 0.356 e. The second kappa shape index (κ2) is 9.75. The van der Waals surface area contributed by atoms with Crippen LogP contribution in [0, 0.1) is 0 Å². The minimum absolute atomic E-state index is 0. The van der Waals surface area contributed by atoms with Gasteiger partial charge in [0.25, 0.3) is 0 Å². The first-order valence-electron chi connectivity index (χ1n) is 9.69. The van der Waals surface area contributed by atoms with Gasteiger partial charge >= 0.3 is 0 Å². The summed E-state index contributed by atoms with van der Waals surface area (Å²) < 4.78 is 1.98. The van der Waals surface area contributed by atoms with E-state index in [-0.39, 0.29) is 29.4 Å². The van der Waals surface area contributed by atoms with Crippen molar-refractivity contribution in [1.82, 2.24) is 25.2 Å². The Labute approximate surface area is 193 Å². The van der Waals surface area contributed by atoms with E-state index < -0.39 is 0 Å². The smallest absolute Gasteiger partial charge is 0.191 e. The van der Waals surface area contributed by atoms with Crippen molar-refractivity contribution >= 4 is 47.2 Å². The van der Waals surface area contributed by atoms with Gasteiger partial charge in [-0.25, -0.2) is 0 Å². The highest BCUT2D eigenvalue weighted by atomic mass is 127. The lowest BCUT2D eigenvalue weighted by atomic mass is 9.79. The Kier molecular flexibility index (Phi) is 7.34. The van der Waals surface area contributed by atoms with Crippen molar-refractivity contribution in [2.24, 2.45) is 4.99 Å². The molecule has 154 valence electrons. The molecule has 29 heavy (non-hydrogen) atoms. The molecule has 1 aliphatic carbocycles. The fraction of sp³-hybridized carbons (Fsp3) is 0.381. The molecule has 8 heteroatoms. The van der Waals surface area contributed by atoms with Gasteiger partial charge in [-0.3, -0.25) is 9.39 Å². The van der Waals surface area contributed by atoms with E-state index >= 15 is 0 Å². The van der Waals surface area contributed by atoms with Gasteiger partial charge in [0.05, 0.1) is 6.54 Å². The molecule has 0 unspecified atom stereocenters. The number of benzene rings is 1. The monoisotopic (exact) mass is 524 g/mol. The van der Waals surface area contributed by atoms with Gasteiger partial charge in [-0.2, -0.15) is 0 Å². The summed E-state index contributed by atoms with van der Waals surface area (Å²) in [7, 11) is 1.79. The average Bonchev–Trinajstić information content (AvgIpc) is 3.37. The maximum absolute atomic E-state index is 6.09. The third kappa shape index (κ3) is 4.83. The van der Waals surface area contributed by atoms with E-state index in [0.29, 0.717) is 6.54 Å². The molecule has 0 saturated heterocycles. The van der Waals surface area contributed by atoms with Gasteiger partial charge in [0.2, 0.25) is 0 Å². The Morgan fingerprint density at radius 1 is 1.10 bits per heavy atom. The number of nitrogens with one attached hydrogen (secondary N) is 2. The zero-order chi connectivity index (χ0) is 19.4. The third-order valence-electron chi connectivity index (χ3n) is 5.63. The van der Waals surface area contributed by atoms with Crippen molar-refractivity contribution in [3.05, 3.63) is 65.1 Å². The molecule has 1 aromatic carbocycles. The molecule has 0 spiro atoms. The fourth-order valence-electron chi connectivity index (χ4n) is 4.07. The van der Waals surface area contributed by atoms with E-state index in [1.807, 2.05) is 40.9 Å². The second-order valence-corrected chi connectivity index (χ2v) is 7.76. The predicted octanol–water partition coefficient (Wildman–Crippen LogP) is 4.18. The van der Waals surface area contributed by atoms with Crippen molar-refractivity contribution in [3.63, 3.8) is 0 Å². The Balaban J connectivity index is 0.00000240. The van der Waals surface area contributed by atoms with Crippen LogP contribution in [0.2, 0.25) is 5.02 Å². The number of hydrogen-bond acceptors (Lipinski definition) is 3. The molecule has 0 atom stereocenters. The van der Waals surface area contributed by atoms with Gasteiger partial charge < -0.3 is 10.6 Å². The number of aliphatic imine (C=N–C) groups is 1. The molecule has 6 nitrogen and oxygen atoms in total. The summed E-state index contributed by atoms with van der Waals surface area (Å²) >= 11 is 6.09. The van der Waals surface area contributed by atoms with Crippen LogP contribution in [-0.2, 0) is 12.0 Å². The van der Waals surface area contributed by atoms with Crippen molar-refractivity contribution in [3.8, 4) is 0 Å². The highest BCUT2D eigenvalue weighted by Gasteiger charge is 2.35. The molecular formula is C21H26ClIN6. The predicted molar refractivity (Wildman–Crippen MR) is 128 cm³/mol. The molecule has 0 aliphatic heterocycles. The molecule has 1 fully saturated rings. The average molecular weight is 525 g/mol. The SMILES string of the molecule is CN=C(NCc1nnc2ccccn12)NCC1(c2ccc(Cl)cc2)CCCC1.I. The first kappa shape index (κ1) is 21.8. The zero-order valence-electron chi connectivity index (χ0n) is 16.4. The topological polar surface area (TPSA) is 66.6 Å². The minimum atomic E-state index is 0. The van der Waals surface area contributed by atoms with Crippen LogP contribution in [0.1, 0.15) is 37.1 Å². The van der Waals surface area contributed by atoms with E-state index in [2.05, 4.69) is 38.0 Å². The lowest BCUT2D eigenvalue weighted by Gasteiger charge is -2.31. The highest BCUT2D eigenvalue weighted by Crippen LogP contribution is 2.40. The van der Waals surface area contributed by atoms with E-state index in [4.69, 9.17) is 11.6 Å². The van der Waals surface area contributed by atoms with Crippen molar-refractivity contribution in [1.29, 1.82) is 0 Å². The summed E-state index contributed by atoms with van der Waals surface area (Å²) in [6, 6.07) is 14.2. The molecule has 4 rings (SSSR count). The van der Waals surface area contributed by atoms with Gasteiger partial charge in [0.1, 0.15) is 0 Å². The van der Waals surface area contributed by atoms with Gasteiger partial charge in [-0.05, 0) is 42.7 Å². The Bertz CT molecular complexity index is 963. The molecule has 1 saturated carbocycles. The lowest BCUT2D eigenvalue weighted by molar-refractivity contribution is 0.431. The van der Waals surface area contributed by atoms with Gasteiger partial charge in [-0.15, -0.1) is 34.2 Å². The Hall–Kier alpha value is -1.87. The molecule has 0 amide bonds. The minimum Gasteiger partial charge on any atom is -0.356 e. The number of fused-ring (bicyclic) bond motifs is 1. The Morgan fingerprint density at radius 2 is 1.86 bits per heavy atom. The van der Waals surface area contributed by atoms with Crippen LogP contribution in [0.3, 0.4) is 0 Å².